The first-order valence-corrected chi connectivity index (χ1v) is 11.2. The lowest BCUT2D eigenvalue weighted by Gasteiger charge is -2.28. The normalized spacial score (nSPS) is 20.8. The highest BCUT2D eigenvalue weighted by molar-refractivity contribution is 6.01. The second-order valence-electron chi connectivity index (χ2n) is 8.42. The maximum absolute atomic E-state index is 13.6. The predicted molar refractivity (Wildman–Crippen MR) is 122 cm³/mol. The minimum Gasteiger partial charge on any atom is -0.497 e. The van der Waals surface area contributed by atoms with Crippen LogP contribution in [0.15, 0.2) is 60.2 Å². The Bertz CT molecular complexity index is 985. The van der Waals surface area contributed by atoms with E-state index in [1.54, 1.807) is 36.3 Å². The Morgan fingerprint density at radius 2 is 1.88 bits per heavy atom. The summed E-state index contributed by atoms with van der Waals surface area (Å²) in [6, 6.07) is 12.7. The first-order valence-electron chi connectivity index (χ1n) is 11.2. The third kappa shape index (κ3) is 4.85. The van der Waals surface area contributed by atoms with Gasteiger partial charge in [-0.25, -0.2) is 4.39 Å². The summed E-state index contributed by atoms with van der Waals surface area (Å²) in [6.07, 6.45) is 7.89. The molecule has 1 N–H and O–H groups in total. The van der Waals surface area contributed by atoms with Crippen molar-refractivity contribution in [3.63, 3.8) is 0 Å². The van der Waals surface area contributed by atoms with Crippen molar-refractivity contribution in [1.82, 2.24) is 5.32 Å². The molecule has 0 bridgehead atoms. The van der Waals surface area contributed by atoms with Gasteiger partial charge in [0.15, 0.2) is 0 Å². The molecule has 1 aliphatic carbocycles. The molecule has 32 heavy (non-hydrogen) atoms. The van der Waals surface area contributed by atoms with Crippen LogP contribution in [0.1, 0.15) is 50.1 Å². The molecule has 0 saturated carbocycles. The van der Waals surface area contributed by atoms with Crippen LogP contribution < -0.4 is 15.0 Å². The molecule has 0 radical (unpaired) electrons. The van der Waals surface area contributed by atoms with Gasteiger partial charge >= 0.3 is 0 Å². The SMILES string of the molecule is COc1ccc(N2C(=O)C[C@@H](C(=O)NCCC3=CCCCC3)[C@H]2c2ccc(F)cc2)cc1. The van der Waals surface area contributed by atoms with Gasteiger partial charge in [0.2, 0.25) is 11.8 Å². The summed E-state index contributed by atoms with van der Waals surface area (Å²) >= 11 is 0. The van der Waals surface area contributed by atoms with Crippen molar-refractivity contribution in [1.29, 1.82) is 0 Å². The fourth-order valence-corrected chi connectivity index (χ4v) is 4.67. The number of methoxy groups -OCH3 is 1. The minimum atomic E-state index is -0.546. The average Bonchev–Trinajstić information content (AvgIpc) is 3.17. The lowest BCUT2D eigenvalue weighted by molar-refractivity contribution is -0.126. The van der Waals surface area contributed by atoms with E-state index in [0.29, 0.717) is 18.0 Å². The van der Waals surface area contributed by atoms with Crippen molar-refractivity contribution >= 4 is 17.5 Å². The number of nitrogens with one attached hydrogen (secondary N) is 1. The fourth-order valence-electron chi connectivity index (χ4n) is 4.67. The largest absolute Gasteiger partial charge is 0.497 e. The van der Waals surface area contributed by atoms with Crippen molar-refractivity contribution in [2.45, 2.75) is 44.6 Å². The molecule has 1 heterocycles. The quantitative estimate of drug-likeness (QED) is 0.626. The molecule has 2 atom stereocenters. The monoisotopic (exact) mass is 436 g/mol. The molecule has 2 aliphatic rings. The lowest BCUT2D eigenvalue weighted by atomic mass is 9.92. The number of rotatable bonds is 7. The van der Waals surface area contributed by atoms with Crippen molar-refractivity contribution < 1.29 is 18.7 Å². The number of carbonyl (C=O) groups excluding carboxylic acids is 2. The standard InChI is InChI=1S/C26H29FN2O3/c1-32-22-13-11-21(12-14-22)29-24(30)17-23(25(29)19-7-9-20(27)10-8-19)26(31)28-16-15-18-5-3-2-4-6-18/h5,7-14,23,25H,2-4,6,15-17H2,1H3,(H,28,31)/t23-,25-/m1/s1. The zero-order valence-electron chi connectivity index (χ0n) is 18.4. The molecule has 2 aromatic rings. The van der Waals surface area contributed by atoms with Gasteiger partial charge in [0, 0.05) is 18.7 Å². The highest BCUT2D eigenvalue weighted by Crippen LogP contribution is 2.42. The number of amides is 2. The number of carbonyl (C=O) groups is 2. The van der Waals surface area contributed by atoms with Crippen molar-refractivity contribution in [2.24, 2.45) is 5.92 Å². The molecule has 2 aromatic carbocycles. The highest BCUT2D eigenvalue weighted by atomic mass is 19.1. The van der Waals surface area contributed by atoms with Crippen molar-refractivity contribution in [2.75, 3.05) is 18.6 Å². The van der Waals surface area contributed by atoms with Gasteiger partial charge < -0.3 is 15.0 Å². The van der Waals surface area contributed by atoms with Crippen LogP contribution in [0.25, 0.3) is 0 Å². The third-order valence-electron chi connectivity index (χ3n) is 6.35. The second-order valence-corrected chi connectivity index (χ2v) is 8.42. The summed E-state index contributed by atoms with van der Waals surface area (Å²) < 4.78 is 18.8. The van der Waals surface area contributed by atoms with E-state index >= 15 is 0 Å². The maximum Gasteiger partial charge on any atom is 0.228 e. The first kappa shape index (κ1) is 22.1. The van der Waals surface area contributed by atoms with Gasteiger partial charge in [0.25, 0.3) is 0 Å². The molecule has 6 heteroatoms. The van der Waals surface area contributed by atoms with Crippen LogP contribution >= 0.6 is 0 Å². The zero-order chi connectivity index (χ0) is 22.5. The lowest BCUT2D eigenvalue weighted by Crippen LogP contribution is -2.36. The molecule has 5 nitrogen and oxygen atoms in total. The smallest absolute Gasteiger partial charge is 0.228 e. The Hall–Kier alpha value is -3.15. The number of benzene rings is 2. The number of allylic oxidation sites excluding steroid dienone is 1. The molecular weight excluding hydrogens is 407 g/mol. The van der Waals surface area contributed by atoms with Gasteiger partial charge in [-0.3, -0.25) is 9.59 Å². The molecule has 168 valence electrons. The summed E-state index contributed by atoms with van der Waals surface area (Å²) in [4.78, 5) is 27.9. The van der Waals surface area contributed by atoms with E-state index in [2.05, 4.69) is 11.4 Å². The van der Waals surface area contributed by atoms with Gasteiger partial charge in [-0.2, -0.15) is 0 Å². The summed E-state index contributed by atoms with van der Waals surface area (Å²) in [5.41, 5.74) is 2.82. The zero-order valence-corrected chi connectivity index (χ0v) is 18.4. The Balaban J connectivity index is 1.55. The maximum atomic E-state index is 13.6. The van der Waals surface area contributed by atoms with Gasteiger partial charge in [0.1, 0.15) is 11.6 Å². The van der Waals surface area contributed by atoms with Gasteiger partial charge in [-0.15, -0.1) is 0 Å². The highest BCUT2D eigenvalue weighted by Gasteiger charge is 2.45. The number of hydrogen-bond donors (Lipinski definition) is 1. The van der Waals surface area contributed by atoms with Crippen LogP contribution in [-0.4, -0.2) is 25.5 Å². The third-order valence-corrected chi connectivity index (χ3v) is 6.35. The number of nitrogens with zero attached hydrogens (tertiary/aromatic N) is 1. The molecule has 2 amide bonds. The van der Waals surface area contributed by atoms with Crippen LogP contribution in [0.3, 0.4) is 0 Å². The first-order chi connectivity index (χ1) is 15.6. The van der Waals surface area contributed by atoms with Gasteiger partial charge in [0.05, 0.1) is 19.1 Å². The Labute approximate surface area is 188 Å². The van der Waals surface area contributed by atoms with E-state index in [1.165, 1.54) is 30.5 Å². The van der Waals surface area contributed by atoms with Crippen LogP contribution in [0, 0.1) is 11.7 Å². The van der Waals surface area contributed by atoms with Crippen molar-refractivity contribution in [3.05, 3.63) is 71.6 Å². The van der Waals surface area contributed by atoms with E-state index < -0.39 is 12.0 Å². The van der Waals surface area contributed by atoms with E-state index in [-0.39, 0.29) is 24.1 Å². The van der Waals surface area contributed by atoms with Gasteiger partial charge in [-0.05, 0) is 74.1 Å². The summed E-state index contributed by atoms with van der Waals surface area (Å²) in [7, 11) is 1.58. The number of anilines is 1. The minimum absolute atomic E-state index is 0.114. The molecule has 0 spiro atoms. The van der Waals surface area contributed by atoms with Crippen LogP contribution in [0.2, 0.25) is 0 Å². The summed E-state index contributed by atoms with van der Waals surface area (Å²) in [5.74, 6) is -0.476. The molecule has 1 fully saturated rings. The predicted octanol–water partition coefficient (Wildman–Crippen LogP) is 4.94. The van der Waals surface area contributed by atoms with Crippen molar-refractivity contribution in [3.8, 4) is 5.75 Å². The second kappa shape index (κ2) is 9.98. The molecule has 0 unspecified atom stereocenters. The summed E-state index contributed by atoms with van der Waals surface area (Å²) in [6.45, 7) is 0.564. The number of halogens is 1. The molecule has 1 saturated heterocycles. The Kier molecular flexibility index (Phi) is 6.88. The molecule has 0 aromatic heterocycles. The van der Waals surface area contributed by atoms with Crippen LogP contribution in [0.5, 0.6) is 5.75 Å². The molecule has 4 rings (SSSR count). The van der Waals surface area contributed by atoms with Crippen LogP contribution in [0.4, 0.5) is 10.1 Å². The van der Waals surface area contributed by atoms with E-state index in [4.69, 9.17) is 4.74 Å². The average molecular weight is 437 g/mol. The van der Waals surface area contributed by atoms with E-state index in [1.807, 2.05) is 12.1 Å². The molecular formula is C26H29FN2O3. The number of ether oxygens (including phenoxy) is 1. The summed E-state index contributed by atoms with van der Waals surface area (Å²) in [5, 5.41) is 3.04. The van der Waals surface area contributed by atoms with E-state index in [0.717, 1.165) is 24.8 Å². The van der Waals surface area contributed by atoms with Gasteiger partial charge in [-0.1, -0.05) is 23.8 Å². The van der Waals surface area contributed by atoms with Crippen LogP contribution in [-0.2, 0) is 9.59 Å². The molecule has 1 aliphatic heterocycles. The number of hydrogen-bond acceptors (Lipinski definition) is 3. The fraction of sp³-hybridized carbons (Fsp3) is 0.385. The van der Waals surface area contributed by atoms with E-state index in [9.17, 15) is 14.0 Å². The Morgan fingerprint density at radius 1 is 1.12 bits per heavy atom. The Morgan fingerprint density at radius 3 is 2.53 bits per heavy atom. The topological polar surface area (TPSA) is 58.6 Å².